The lowest BCUT2D eigenvalue weighted by Crippen LogP contribution is -2.26. The van der Waals surface area contributed by atoms with Crippen molar-refractivity contribution in [2.45, 2.75) is 37.8 Å². The minimum atomic E-state index is -0.202. The molecule has 3 nitrogen and oxygen atoms in total. The summed E-state index contributed by atoms with van der Waals surface area (Å²) in [5.41, 5.74) is 5.05. The Bertz CT molecular complexity index is 926. The zero-order valence-corrected chi connectivity index (χ0v) is 17.7. The molecule has 2 atom stereocenters. The van der Waals surface area contributed by atoms with Crippen molar-refractivity contribution in [3.63, 3.8) is 0 Å². The van der Waals surface area contributed by atoms with E-state index in [1.165, 1.54) is 22.3 Å². The van der Waals surface area contributed by atoms with E-state index >= 15 is 0 Å². The third-order valence-electron chi connectivity index (χ3n) is 6.07. The van der Waals surface area contributed by atoms with Crippen molar-refractivity contribution in [3.8, 4) is 16.9 Å². The highest BCUT2D eigenvalue weighted by atomic mass is 16.5. The van der Waals surface area contributed by atoms with Crippen LogP contribution in [0.1, 0.15) is 24.0 Å². The lowest BCUT2D eigenvalue weighted by atomic mass is 9.98. The van der Waals surface area contributed by atoms with Crippen LogP contribution >= 0.6 is 0 Å². The van der Waals surface area contributed by atoms with Crippen molar-refractivity contribution < 1.29 is 9.84 Å². The molecule has 3 aromatic carbocycles. The third-order valence-corrected chi connectivity index (χ3v) is 6.07. The van der Waals surface area contributed by atoms with E-state index in [1.54, 1.807) is 0 Å². The average Bonchev–Trinajstić information content (AvgIpc) is 3.11. The number of benzene rings is 3. The Hall–Kier alpha value is -2.62. The van der Waals surface area contributed by atoms with Gasteiger partial charge in [0.25, 0.3) is 0 Å². The molecule has 4 rings (SSSR count). The second kappa shape index (κ2) is 9.92. The van der Waals surface area contributed by atoms with Gasteiger partial charge in [-0.1, -0.05) is 66.7 Å². The number of aliphatic hydroxyl groups is 1. The molecule has 1 N–H and O–H groups in total. The number of hydrogen-bond donors (Lipinski definition) is 1. The molecule has 1 saturated heterocycles. The van der Waals surface area contributed by atoms with Crippen molar-refractivity contribution in [2.24, 2.45) is 0 Å². The maximum atomic E-state index is 9.86. The Morgan fingerprint density at radius 2 is 1.63 bits per heavy atom. The molecule has 1 heterocycles. The lowest BCUT2D eigenvalue weighted by Gasteiger charge is -2.20. The van der Waals surface area contributed by atoms with E-state index in [2.05, 4.69) is 84.7 Å². The van der Waals surface area contributed by atoms with Crippen molar-refractivity contribution in [1.82, 2.24) is 4.90 Å². The van der Waals surface area contributed by atoms with E-state index in [4.69, 9.17) is 4.74 Å². The number of hydrogen-bond acceptors (Lipinski definition) is 3. The molecule has 3 aromatic rings. The highest BCUT2D eigenvalue weighted by molar-refractivity contribution is 5.65. The smallest absolute Gasteiger partial charge is 0.122 e. The summed E-state index contributed by atoms with van der Waals surface area (Å²) in [5.74, 6) is 0.979. The van der Waals surface area contributed by atoms with Crippen molar-refractivity contribution in [2.75, 3.05) is 20.2 Å². The van der Waals surface area contributed by atoms with Gasteiger partial charge in [-0.15, -0.1) is 0 Å². The molecule has 1 fully saturated rings. The second-order valence-corrected chi connectivity index (χ2v) is 8.29. The molecular weight excluding hydrogens is 370 g/mol. The lowest BCUT2D eigenvalue weighted by molar-refractivity contribution is 0.182. The van der Waals surface area contributed by atoms with E-state index in [9.17, 15) is 5.11 Å². The van der Waals surface area contributed by atoms with Gasteiger partial charge in [0.15, 0.2) is 0 Å². The maximum Gasteiger partial charge on any atom is 0.122 e. The number of ether oxygens (including phenoxy) is 1. The van der Waals surface area contributed by atoms with E-state index < -0.39 is 0 Å². The predicted octanol–water partition coefficient (Wildman–Crippen LogP) is 4.97. The standard InChI is InChI=1S/C27H31NO2/c1-28-20-26(29)19-25(28)16-17-30-27-15-14-23(22-10-6-3-7-11-22)18-24(27)13-12-21-8-4-2-5-9-21/h2-11,14-15,18,25-26,29H,12-13,16-17,19-20H2,1H3/t25-,26-/m1/s1. The van der Waals surface area contributed by atoms with Crippen molar-refractivity contribution >= 4 is 0 Å². The SMILES string of the molecule is CN1C[C@H](O)C[C@H]1CCOc1ccc(-c2ccccc2)cc1CCc1ccccc1. The van der Waals surface area contributed by atoms with Crippen molar-refractivity contribution in [1.29, 1.82) is 0 Å². The number of aliphatic hydroxyl groups excluding tert-OH is 1. The second-order valence-electron chi connectivity index (χ2n) is 8.29. The molecular formula is C27H31NO2. The number of rotatable bonds is 8. The summed E-state index contributed by atoms with van der Waals surface area (Å²) in [6.07, 6.45) is 3.51. The molecule has 1 aliphatic rings. The van der Waals surface area contributed by atoms with Gasteiger partial charge < -0.3 is 14.7 Å². The monoisotopic (exact) mass is 401 g/mol. The summed E-state index contributed by atoms with van der Waals surface area (Å²) in [7, 11) is 2.08. The first-order valence-electron chi connectivity index (χ1n) is 10.9. The van der Waals surface area contributed by atoms with Crippen LogP contribution < -0.4 is 4.74 Å². The first-order chi connectivity index (χ1) is 14.7. The quantitative estimate of drug-likeness (QED) is 0.578. The minimum Gasteiger partial charge on any atom is -0.493 e. The number of aryl methyl sites for hydroxylation is 2. The van der Waals surface area contributed by atoms with Crippen LogP contribution in [0.15, 0.2) is 78.9 Å². The van der Waals surface area contributed by atoms with Crippen LogP contribution in [-0.4, -0.2) is 42.4 Å². The predicted molar refractivity (Wildman–Crippen MR) is 123 cm³/mol. The highest BCUT2D eigenvalue weighted by Crippen LogP contribution is 2.28. The van der Waals surface area contributed by atoms with Crippen LogP contribution in [0.25, 0.3) is 11.1 Å². The fourth-order valence-corrected chi connectivity index (χ4v) is 4.34. The number of nitrogens with zero attached hydrogens (tertiary/aromatic N) is 1. The Morgan fingerprint density at radius 3 is 2.33 bits per heavy atom. The number of β-amino-alcohol motifs (C(OH)–C–C–N with tert-alkyl or cyclic N) is 1. The molecule has 0 bridgehead atoms. The largest absolute Gasteiger partial charge is 0.493 e. The van der Waals surface area contributed by atoms with Crippen LogP contribution in [0.5, 0.6) is 5.75 Å². The van der Waals surface area contributed by atoms with Gasteiger partial charge in [-0.2, -0.15) is 0 Å². The summed E-state index contributed by atoms with van der Waals surface area (Å²) < 4.78 is 6.25. The molecule has 3 heteroatoms. The van der Waals surface area contributed by atoms with Gasteiger partial charge in [0.05, 0.1) is 12.7 Å². The normalized spacial score (nSPS) is 19.1. The Balaban J connectivity index is 1.47. The van der Waals surface area contributed by atoms with E-state index in [-0.39, 0.29) is 6.10 Å². The van der Waals surface area contributed by atoms with Gasteiger partial charge in [0.2, 0.25) is 0 Å². The van der Waals surface area contributed by atoms with Crippen LogP contribution in [0, 0.1) is 0 Å². The molecule has 30 heavy (non-hydrogen) atoms. The fraction of sp³-hybridized carbons (Fsp3) is 0.333. The topological polar surface area (TPSA) is 32.7 Å². The van der Waals surface area contributed by atoms with E-state index in [1.807, 2.05) is 6.07 Å². The van der Waals surface area contributed by atoms with Crippen LogP contribution in [0.2, 0.25) is 0 Å². The van der Waals surface area contributed by atoms with Crippen molar-refractivity contribution in [3.05, 3.63) is 90.0 Å². The highest BCUT2D eigenvalue weighted by Gasteiger charge is 2.27. The first-order valence-corrected chi connectivity index (χ1v) is 10.9. The minimum absolute atomic E-state index is 0.202. The van der Waals surface area contributed by atoms with Gasteiger partial charge in [0.1, 0.15) is 5.75 Å². The van der Waals surface area contributed by atoms with E-state index in [0.29, 0.717) is 12.6 Å². The molecule has 0 unspecified atom stereocenters. The van der Waals surface area contributed by atoms with Crippen LogP contribution in [0.4, 0.5) is 0 Å². The summed E-state index contributed by atoms with van der Waals surface area (Å²) >= 11 is 0. The van der Waals surface area contributed by atoms with Gasteiger partial charge in [-0.05, 0) is 67.1 Å². The van der Waals surface area contributed by atoms with Gasteiger partial charge in [-0.25, -0.2) is 0 Å². The Morgan fingerprint density at radius 1 is 0.900 bits per heavy atom. The summed E-state index contributed by atoms with van der Waals surface area (Å²) in [6.45, 7) is 1.43. The maximum absolute atomic E-state index is 9.86. The Labute approximate surface area is 179 Å². The Kier molecular flexibility index (Phi) is 6.83. The molecule has 0 spiro atoms. The average molecular weight is 402 g/mol. The first kappa shape index (κ1) is 20.6. The molecule has 0 amide bonds. The molecule has 0 aromatic heterocycles. The molecule has 0 aliphatic carbocycles. The molecule has 156 valence electrons. The zero-order valence-electron chi connectivity index (χ0n) is 17.7. The fourth-order valence-electron chi connectivity index (χ4n) is 4.34. The van der Waals surface area contributed by atoms with E-state index in [0.717, 1.165) is 38.0 Å². The summed E-state index contributed by atoms with van der Waals surface area (Å²) in [4.78, 5) is 2.24. The van der Waals surface area contributed by atoms with Crippen LogP contribution in [0.3, 0.4) is 0 Å². The molecule has 0 radical (unpaired) electrons. The van der Waals surface area contributed by atoms with Gasteiger partial charge in [0, 0.05) is 12.6 Å². The third kappa shape index (κ3) is 5.29. The molecule has 0 saturated carbocycles. The van der Waals surface area contributed by atoms with Gasteiger partial charge in [-0.3, -0.25) is 0 Å². The molecule has 1 aliphatic heterocycles. The van der Waals surface area contributed by atoms with Crippen LogP contribution in [-0.2, 0) is 12.8 Å². The zero-order chi connectivity index (χ0) is 20.8. The van der Waals surface area contributed by atoms with Gasteiger partial charge >= 0.3 is 0 Å². The number of likely N-dealkylation sites (tertiary alicyclic amines) is 1. The summed E-state index contributed by atoms with van der Waals surface area (Å²) in [6, 6.07) is 28.1. The number of likely N-dealkylation sites (N-methyl/N-ethyl adjacent to an activating group) is 1. The summed E-state index contributed by atoms with van der Waals surface area (Å²) in [5, 5.41) is 9.86.